The van der Waals surface area contributed by atoms with Gasteiger partial charge in [0.25, 0.3) is 0 Å². The molecule has 3 N–H and O–H groups in total. The summed E-state index contributed by atoms with van der Waals surface area (Å²) in [5, 5.41) is 15.4. The average molecular weight is 329 g/mol. The Morgan fingerprint density at radius 2 is 2.17 bits per heavy atom. The van der Waals surface area contributed by atoms with Gasteiger partial charge in [0.1, 0.15) is 5.82 Å². The summed E-state index contributed by atoms with van der Waals surface area (Å²) in [6.07, 6.45) is 4.82. The minimum Gasteiger partial charge on any atom is -0.396 e. The Balaban J connectivity index is 1.76. The quantitative estimate of drug-likeness (QED) is 0.637. The molecule has 0 aliphatic carbocycles. The van der Waals surface area contributed by atoms with Crippen molar-refractivity contribution in [1.82, 2.24) is 15.0 Å². The van der Waals surface area contributed by atoms with Gasteiger partial charge in [0.2, 0.25) is 5.95 Å². The Morgan fingerprint density at radius 1 is 1.21 bits per heavy atom. The summed E-state index contributed by atoms with van der Waals surface area (Å²) in [5.74, 6) is 1.27. The van der Waals surface area contributed by atoms with Crippen molar-refractivity contribution in [2.45, 2.75) is 25.4 Å². The van der Waals surface area contributed by atoms with Gasteiger partial charge in [-0.2, -0.15) is 4.98 Å². The van der Waals surface area contributed by atoms with Gasteiger partial charge in [-0.1, -0.05) is 6.07 Å². The molecule has 2 aromatic heterocycles. The van der Waals surface area contributed by atoms with Crippen LogP contribution in [0.25, 0.3) is 11.4 Å². The molecule has 0 saturated carbocycles. The van der Waals surface area contributed by atoms with E-state index in [0.29, 0.717) is 18.9 Å². The summed E-state index contributed by atoms with van der Waals surface area (Å²) in [6.45, 7) is 2.32. The summed E-state index contributed by atoms with van der Waals surface area (Å²) in [4.78, 5) is 13.4. The van der Waals surface area contributed by atoms with Crippen LogP contribution in [0.5, 0.6) is 0 Å². The molecule has 2 aromatic rings. The second-order valence-corrected chi connectivity index (χ2v) is 5.70. The first-order valence-electron chi connectivity index (χ1n) is 8.36. The SMILES string of the molecule is OCCCNc1nc(NC[C@H]2CCCO2)cc(-c2ccccn2)n1. The van der Waals surface area contributed by atoms with Crippen LogP contribution >= 0.6 is 0 Å². The van der Waals surface area contributed by atoms with Gasteiger partial charge in [0.15, 0.2) is 0 Å². The van der Waals surface area contributed by atoms with Crippen LogP contribution in [0.3, 0.4) is 0 Å². The Morgan fingerprint density at radius 3 is 2.92 bits per heavy atom. The average Bonchev–Trinajstić information content (AvgIpc) is 3.14. The minimum atomic E-state index is 0.136. The van der Waals surface area contributed by atoms with Crippen molar-refractivity contribution in [2.24, 2.45) is 0 Å². The molecular formula is C17H23N5O2. The van der Waals surface area contributed by atoms with Gasteiger partial charge in [-0.25, -0.2) is 4.98 Å². The van der Waals surface area contributed by atoms with E-state index in [1.165, 1.54) is 0 Å². The molecule has 1 fully saturated rings. The summed E-state index contributed by atoms with van der Waals surface area (Å²) < 4.78 is 5.64. The third kappa shape index (κ3) is 4.62. The summed E-state index contributed by atoms with van der Waals surface area (Å²) in [7, 11) is 0. The molecule has 1 saturated heterocycles. The molecule has 7 heteroatoms. The molecule has 0 radical (unpaired) electrons. The first-order chi connectivity index (χ1) is 11.8. The van der Waals surface area contributed by atoms with Gasteiger partial charge in [-0.3, -0.25) is 4.98 Å². The highest BCUT2D eigenvalue weighted by Gasteiger charge is 2.16. The van der Waals surface area contributed by atoms with Crippen molar-refractivity contribution in [1.29, 1.82) is 0 Å². The molecule has 1 atom stereocenters. The number of aliphatic hydroxyl groups excluding tert-OH is 1. The lowest BCUT2D eigenvalue weighted by Gasteiger charge is -2.13. The first-order valence-corrected chi connectivity index (χ1v) is 8.36. The third-order valence-electron chi connectivity index (χ3n) is 3.81. The largest absolute Gasteiger partial charge is 0.396 e. The Bertz CT molecular complexity index is 632. The Labute approximate surface area is 141 Å². The smallest absolute Gasteiger partial charge is 0.225 e. The van der Waals surface area contributed by atoms with Crippen LogP contribution in [-0.2, 0) is 4.74 Å². The fourth-order valence-corrected chi connectivity index (χ4v) is 2.57. The fraction of sp³-hybridized carbons (Fsp3) is 0.471. The molecule has 1 aliphatic heterocycles. The van der Waals surface area contributed by atoms with Crippen molar-refractivity contribution in [3.05, 3.63) is 30.5 Å². The molecular weight excluding hydrogens is 306 g/mol. The van der Waals surface area contributed by atoms with E-state index in [9.17, 15) is 0 Å². The molecule has 0 amide bonds. The maximum absolute atomic E-state index is 8.92. The minimum absolute atomic E-state index is 0.136. The number of aromatic nitrogens is 3. The number of pyridine rings is 1. The predicted octanol–water partition coefficient (Wildman–Crippen LogP) is 1.92. The van der Waals surface area contributed by atoms with E-state index in [1.807, 2.05) is 24.3 Å². The van der Waals surface area contributed by atoms with Gasteiger partial charge in [-0.05, 0) is 31.4 Å². The predicted molar refractivity (Wildman–Crippen MR) is 92.9 cm³/mol. The zero-order valence-corrected chi connectivity index (χ0v) is 13.6. The summed E-state index contributed by atoms with van der Waals surface area (Å²) >= 11 is 0. The van der Waals surface area contributed by atoms with Crippen molar-refractivity contribution >= 4 is 11.8 Å². The monoisotopic (exact) mass is 329 g/mol. The van der Waals surface area contributed by atoms with Crippen LogP contribution in [0.2, 0.25) is 0 Å². The zero-order valence-electron chi connectivity index (χ0n) is 13.6. The zero-order chi connectivity index (χ0) is 16.6. The van der Waals surface area contributed by atoms with E-state index in [-0.39, 0.29) is 12.7 Å². The van der Waals surface area contributed by atoms with Gasteiger partial charge < -0.3 is 20.5 Å². The van der Waals surface area contributed by atoms with Crippen molar-refractivity contribution in [3.8, 4) is 11.4 Å². The second-order valence-electron chi connectivity index (χ2n) is 5.70. The molecule has 128 valence electrons. The van der Waals surface area contributed by atoms with Gasteiger partial charge >= 0.3 is 0 Å². The van der Waals surface area contributed by atoms with Gasteiger partial charge in [-0.15, -0.1) is 0 Å². The lowest BCUT2D eigenvalue weighted by atomic mass is 10.2. The molecule has 3 heterocycles. The molecule has 0 spiro atoms. The normalized spacial score (nSPS) is 17.0. The topological polar surface area (TPSA) is 92.2 Å². The highest BCUT2D eigenvalue weighted by molar-refractivity contribution is 5.60. The van der Waals surface area contributed by atoms with E-state index in [2.05, 4.69) is 25.6 Å². The summed E-state index contributed by atoms with van der Waals surface area (Å²) in [5.41, 5.74) is 1.55. The van der Waals surface area contributed by atoms with Crippen LogP contribution in [0.1, 0.15) is 19.3 Å². The maximum atomic E-state index is 8.92. The van der Waals surface area contributed by atoms with Crippen LogP contribution in [0.4, 0.5) is 11.8 Å². The van der Waals surface area contributed by atoms with Crippen LogP contribution in [0.15, 0.2) is 30.5 Å². The van der Waals surface area contributed by atoms with E-state index in [4.69, 9.17) is 9.84 Å². The lowest BCUT2D eigenvalue weighted by Crippen LogP contribution is -2.19. The molecule has 0 unspecified atom stereocenters. The first kappa shape index (κ1) is 16.6. The number of nitrogens with one attached hydrogen (secondary N) is 2. The number of aliphatic hydroxyl groups is 1. The maximum Gasteiger partial charge on any atom is 0.225 e. The fourth-order valence-electron chi connectivity index (χ4n) is 2.57. The molecule has 0 aromatic carbocycles. The molecule has 0 bridgehead atoms. The van der Waals surface area contributed by atoms with Crippen LogP contribution in [-0.4, -0.2) is 52.5 Å². The number of rotatable bonds is 8. The lowest BCUT2D eigenvalue weighted by molar-refractivity contribution is 0.120. The molecule has 3 rings (SSSR count). The summed E-state index contributed by atoms with van der Waals surface area (Å²) in [6, 6.07) is 7.63. The highest BCUT2D eigenvalue weighted by atomic mass is 16.5. The van der Waals surface area contributed by atoms with Gasteiger partial charge in [0.05, 0.1) is 17.5 Å². The highest BCUT2D eigenvalue weighted by Crippen LogP contribution is 2.20. The number of ether oxygens (including phenoxy) is 1. The van der Waals surface area contributed by atoms with E-state index in [1.54, 1.807) is 6.20 Å². The van der Waals surface area contributed by atoms with Crippen molar-refractivity contribution < 1.29 is 9.84 Å². The van der Waals surface area contributed by atoms with E-state index in [0.717, 1.165) is 43.2 Å². The second kappa shape index (κ2) is 8.56. The standard InChI is InChI=1S/C17H23N5O2/c23-9-4-8-19-17-21-15(14-6-1-2-7-18-14)11-16(22-17)20-12-13-5-3-10-24-13/h1-2,6-7,11,13,23H,3-5,8-10,12H2,(H2,19,20,21,22)/t13-/m1/s1. The molecule has 1 aliphatic rings. The van der Waals surface area contributed by atoms with E-state index < -0.39 is 0 Å². The molecule has 7 nitrogen and oxygen atoms in total. The van der Waals surface area contributed by atoms with Crippen LogP contribution < -0.4 is 10.6 Å². The number of hydrogen-bond donors (Lipinski definition) is 3. The number of nitrogens with zero attached hydrogens (tertiary/aromatic N) is 3. The number of anilines is 2. The van der Waals surface area contributed by atoms with Crippen molar-refractivity contribution in [2.75, 3.05) is 36.9 Å². The Hall–Kier alpha value is -2.25. The van der Waals surface area contributed by atoms with E-state index >= 15 is 0 Å². The van der Waals surface area contributed by atoms with Crippen molar-refractivity contribution in [3.63, 3.8) is 0 Å². The molecule has 24 heavy (non-hydrogen) atoms. The third-order valence-corrected chi connectivity index (χ3v) is 3.81. The van der Waals surface area contributed by atoms with Gasteiger partial charge in [0, 0.05) is 38.6 Å². The Kier molecular flexibility index (Phi) is 5.92. The van der Waals surface area contributed by atoms with Crippen LogP contribution in [0, 0.1) is 0 Å². The number of hydrogen-bond acceptors (Lipinski definition) is 7.